The van der Waals surface area contributed by atoms with E-state index >= 15 is 0 Å². The summed E-state index contributed by atoms with van der Waals surface area (Å²) in [5, 5.41) is 0. The van der Waals surface area contributed by atoms with Crippen molar-refractivity contribution in [3.8, 4) is 11.8 Å². The standard InChI is InChI=1S/C21H21NO/c1-17-13-15-22(16-14-17)21(23)20-11-9-19(10-12-20)8-7-18-5-3-2-4-6-18/h2-6,9-12,17H,13-16H2,1H3. The minimum Gasteiger partial charge on any atom is -0.339 e. The third-order valence-electron chi connectivity index (χ3n) is 4.33. The highest BCUT2D eigenvalue weighted by Crippen LogP contribution is 2.18. The van der Waals surface area contributed by atoms with Gasteiger partial charge in [-0.3, -0.25) is 4.79 Å². The summed E-state index contributed by atoms with van der Waals surface area (Å²) in [7, 11) is 0. The van der Waals surface area contributed by atoms with Crippen molar-refractivity contribution in [2.45, 2.75) is 19.8 Å². The third-order valence-corrected chi connectivity index (χ3v) is 4.33. The predicted octanol–water partition coefficient (Wildman–Crippen LogP) is 3.96. The molecular weight excluding hydrogens is 282 g/mol. The second-order valence-electron chi connectivity index (χ2n) is 6.17. The average molecular weight is 303 g/mol. The summed E-state index contributed by atoms with van der Waals surface area (Å²) in [4.78, 5) is 14.4. The third kappa shape index (κ3) is 4.02. The van der Waals surface area contributed by atoms with Crippen LogP contribution in [0.5, 0.6) is 0 Å². The Labute approximate surface area is 138 Å². The number of benzene rings is 2. The summed E-state index contributed by atoms with van der Waals surface area (Å²) in [6.45, 7) is 3.99. The maximum Gasteiger partial charge on any atom is 0.253 e. The lowest BCUT2D eigenvalue weighted by atomic mass is 9.98. The van der Waals surface area contributed by atoms with Crippen LogP contribution in [-0.2, 0) is 0 Å². The van der Waals surface area contributed by atoms with Crippen molar-refractivity contribution in [2.75, 3.05) is 13.1 Å². The normalized spacial score (nSPS) is 14.9. The molecule has 1 fully saturated rings. The van der Waals surface area contributed by atoms with Gasteiger partial charge in [0.25, 0.3) is 5.91 Å². The second-order valence-corrected chi connectivity index (χ2v) is 6.17. The first-order valence-electron chi connectivity index (χ1n) is 8.19. The summed E-state index contributed by atoms with van der Waals surface area (Å²) >= 11 is 0. The zero-order valence-corrected chi connectivity index (χ0v) is 13.5. The molecule has 0 aliphatic carbocycles. The Hall–Kier alpha value is -2.53. The number of piperidine rings is 1. The van der Waals surface area contributed by atoms with Crippen molar-refractivity contribution < 1.29 is 4.79 Å². The van der Waals surface area contributed by atoms with Gasteiger partial charge >= 0.3 is 0 Å². The smallest absolute Gasteiger partial charge is 0.253 e. The highest BCUT2D eigenvalue weighted by Gasteiger charge is 2.21. The lowest BCUT2D eigenvalue weighted by Gasteiger charge is -2.30. The van der Waals surface area contributed by atoms with Crippen LogP contribution >= 0.6 is 0 Å². The van der Waals surface area contributed by atoms with Crippen LogP contribution < -0.4 is 0 Å². The summed E-state index contributed by atoms with van der Waals surface area (Å²) in [5.74, 6) is 7.14. The van der Waals surface area contributed by atoms with E-state index in [0.29, 0.717) is 0 Å². The lowest BCUT2D eigenvalue weighted by Crippen LogP contribution is -2.37. The maximum atomic E-state index is 12.5. The minimum absolute atomic E-state index is 0.138. The van der Waals surface area contributed by atoms with Crippen LogP contribution in [0.3, 0.4) is 0 Å². The van der Waals surface area contributed by atoms with Gasteiger partial charge in [0.15, 0.2) is 0 Å². The fourth-order valence-corrected chi connectivity index (χ4v) is 2.76. The van der Waals surface area contributed by atoms with E-state index in [0.717, 1.165) is 48.5 Å². The van der Waals surface area contributed by atoms with E-state index in [1.54, 1.807) is 0 Å². The molecular formula is C21H21NO. The molecule has 1 amide bonds. The molecule has 3 rings (SSSR count). The van der Waals surface area contributed by atoms with Crippen LogP contribution in [0.1, 0.15) is 41.3 Å². The molecule has 1 aliphatic rings. The van der Waals surface area contributed by atoms with Crippen LogP contribution in [0.25, 0.3) is 0 Å². The van der Waals surface area contributed by atoms with Crippen LogP contribution in [-0.4, -0.2) is 23.9 Å². The highest BCUT2D eigenvalue weighted by molar-refractivity contribution is 5.94. The van der Waals surface area contributed by atoms with Gasteiger partial charge in [0.05, 0.1) is 0 Å². The molecule has 0 atom stereocenters. The van der Waals surface area contributed by atoms with E-state index in [9.17, 15) is 4.79 Å². The molecule has 1 heterocycles. The molecule has 2 nitrogen and oxygen atoms in total. The number of likely N-dealkylation sites (tertiary alicyclic amines) is 1. The van der Waals surface area contributed by atoms with E-state index in [1.165, 1.54) is 0 Å². The van der Waals surface area contributed by atoms with Crippen molar-refractivity contribution in [2.24, 2.45) is 5.92 Å². The second kappa shape index (κ2) is 7.15. The first-order valence-corrected chi connectivity index (χ1v) is 8.19. The topological polar surface area (TPSA) is 20.3 Å². The summed E-state index contributed by atoms with van der Waals surface area (Å²) in [6.07, 6.45) is 2.21. The fraction of sp³-hybridized carbons (Fsp3) is 0.286. The zero-order valence-electron chi connectivity index (χ0n) is 13.5. The first-order chi connectivity index (χ1) is 11.2. The number of rotatable bonds is 1. The van der Waals surface area contributed by atoms with E-state index in [1.807, 2.05) is 59.5 Å². The average Bonchev–Trinajstić information content (AvgIpc) is 2.61. The van der Waals surface area contributed by atoms with Gasteiger partial charge in [0.2, 0.25) is 0 Å². The Bertz CT molecular complexity index is 714. The molecule has 2 aromatic rings. The number of hydrogen-bond acceptors (Lipinski definition) is 1. The van der Waals surface area contributed by atoms with E-state index < -0.39 is 0 Å². The highest BCUT2D eigenvalue weighted by atomic mass is 16.2. The number of carbonyl (C=O) groups is 1. The van der Waals surface area contributed by atoms with E-state index in [2.05, 4.69) is 18.8 Å². The Morgan fingerprint density at radius 2 is 1.48 bits per heavy atom. The van der Waals surface area contributed by atoms with Crippen molar-refractivity contribution in [3.63, 3.8) is 0 Å². The zero-order chi connectivity index (χ0) is 16.1. The number of nitrogens with zero attached hydrogens (tertiary/aromatic N) is 1. The van der Waals surface area contributed by atoms with E-state index in [4.69, 9.17) is 0 Å². The summed E-state index contributed by atoms with van der Waals surface area (Å²) < 4.78 is 0. The molecule has 1 aliphatic heterocycles. The summed E-state index contributed by atoms with van der Waals surface area (Å²) in [5.41, 5.74) is 2.68. The molecule has 0 saturated carbocycles. The van der Waals surface area contributed by atoms with Gasteiger partial charge in [0.1, 0.15) is 0 Å². The Balaban J connectivity index is 1.67. The first kappa shape index (κ1) is 15.4. The molecule has 0 radical (unpaired) electrons. The molecule has 2 heteroatoms. The molecule has 0 N–H and O–H groups in total. The number of carbonyl (C=O) groups excluding carboxylic acids is 1. The van der Waals surface area contributed by atoms with Gasteiger partial charge in [0, 0.05) is 29.8 Å². The van der Waals surface area contributed by atoms with Crippen molar-refractivity contribution in [3.05, 3.63) is 71.3 Å². The van der Waals surface area contributed by atoms with Gasteiger partial charge < -0.3 is 4.90 Å². The van der Waals surface area contributed by atoms with Crippen molar-refractivity contribution >= 4 is 5.91 Å². The fourth-order valence-electron chi connectivity index (χ4n) is 2.76. The van der Waals surface area contributed by atoms with Gasteiger partial charge in [-0.25, -0.2) is 0 Å². The van der Waals surface area contributed by atoms with E-state index in [-0.39, 0.29) is 5.91 Å². The largest absolute Gasteiger partial charge is 0.339 e. The van der Waals surface area contributed by atoms with Crippen LogP contribution in [0.15, 0.2) is 54.6 Å². The van der Waals surface area contributed by atoms with Gasteiger partial charge in [-0.15, -0.1) is 0 Å². The lowest BCUT2D eigenvalue weighted by molar-refractivity contribution is 0.0697. The SMILES string of the molecule is CC1CCN(C(=O)c2ccc(C#Cc3ccccc3)cc2)CC1. The van der Waals surface area contributed by atoms with Crippen molar-refractivity contribution in [1.29, 1.82) is 0 Å². The molecule has 0 bridgehead atoms. The predicted molar refractivity (Wildman–Crippen MR) is 93.2 cm³/mol. The summed E-state index contributed by atoms with van der Waals surface area (Å²) in [6, 6.07) is 17.5. The molecule has 0 unspecified atom stereocenters. The van der Waals surface area contributed by atoms with Crippen LogP contribution in [0.4, 0.5) is 0 Å². The number of amides is 1. The van der Waals surface area contributed by atoms with Crippen molar-refractivity contribution in [1.82, 2.24) is 4.90 Å². The van der Waals surface area contributed by atoms with Gasteiger partial charge in [-0.05, 0) is 55.2 Å². The van der Waals surface area contributed by atoms with Crippen LogP contribution in [0.2, 0.25) is 0 Å². The minimum atomic E-state index is 0.138. The molecule has 0 spiro atoms. The van der Waals surface area contributed by atoms with Gasteiger partial charge in [-0.2, -0.15) is 0 Å². The van der Waals surface area contributed by atoms with Gasteiger partial charge in [-0.1, -0.05) is 37.0 Å². The molecule has 0 aromatic heterocycles. The monoisotopic (exact) mass is 303 g/mol. The van der Waals surface area contributed by atoms with Crippen LogP contribution in [0, 0.1) is 17.8 Å². The quantitative estimate of drug-likeness (QED) is 0.730. The molecule has 2 aromatic carbocycles. The Morgan fingerprint density at radius 1 is 0.913 bits per heavy atom. The molecule has 1 saturated heterocycles. The molecule has 116 valence electrons. The Morgan fingerprint density at radius 3 is 2.09 bits per heavy atom. The Kier molecular flexibility index (Phi) is 4.78. The maximum absolute atomic E-state index is 12.5. The number of hydrogen-bond donors (Lipinski definition) is 0. The molecule has 23 heavy (non-hydrogen) atoms.